The van der Waals surface area contributed by atoms with Gasteiger partial charge in [-0.05, 0) is 37.6 Å². The average Bonchev–Trinajstić information content (AvgIpc) is 3.23. The molecule has 1 aromatic rings. The lowest BCUT2D eigenvalue weighted by atomic mass is 9.85. The van der Waals surface area contributed by atoms with Crippen molar-refractivity contribution in [2.45, 2.75) is 33.0 Å². The van der Waals surface area contributed by atoms with E-state index in [0.717, 1.165) is 25.4 Å². The fraction of sp³-hybridized carbons (Fsp3) is 0.450. The van der Waals surface area contributed by atoms with Crippen LogP contribution in [0.1, 0.15) is 25.8 Å². The molecule has 4 rings (SSSR count). The van der Waals surface area contributed by atoms with Crippen molar-refractivity contribution < 1.29 is 4.74 Å². The Balaban J connectivity index is 1.52. The first kappa shape index (κ1) is 16.2. The fourth-order valence-corrected chi connectivity index (χ4v) is 3.88. The highest BCUT2D eigenvalue weighted by atomic mass is 16.5. The highest BCUT2D eigenvalue weighted by Gasteiger charge is 2.43. The topological polar surface area (TPSA) is 40.1 Å². The Hall–Kier alpha value is -2.27. The van der Waals surface area contributed by atoms with E-state index >= 15 is 0 Å². The number of benzene rings is 1. The maximum atomic E-state index is 5.24. The molecule has 0 radical (unpaired) electrons. The minimum Gasteiger partial charge on any atom is -0.497 e. The van der Waals surface area contributed by atoms with E-state index in [1.807, 2.05) is 18.3 Å². The predicted octanol–water partition coefficient (Wildman–Crippen LogP) is 2.93. The summed E-state index contributed by atoms with van der Waals surface area (Å²) in [5.74, 6) is 0.892. The molecule has 0 amide bonds. The Kier molecular flexibility index (Phi) is 4.04. The molecule has 1 aromatic carbocycles. The van der Waals surface area contributed by atoms with Gasteiger partial charge in [0.15, 0.2) is 0 Å². The van der Waals surface area contributed by atoms with Crippen molar-refractivity contribution in [2.24, 2.45) is 10.4 Å². The van der Waals surface area contributed by atoms with Crippen LogP contribution in [0.4, 0.5) is 0 Å². The van der Waals surface area contributed by atoms with E-state index in [4.69, 9.17) is 9.73 Å². The first-order valence-corrected chi connectivity index (χ1v) is 8.91. The van der Waals surface area contributed by atoms with Gasteiger partial charge in [-0.25, -0.2) is 0 Å². The molecule has 0 bridgehead atoms. The summed E-state index contributed by atoms with van der Waals surface area (Å²) in [7, 11) is 1.70. The summed E-state index contributed by atoms with van der Waals surface area (Å²) < 4.78 is 5.24. The predicted molar refractivity (Wildman–Crippen MR) is 100 cm³/mol. The van der Waals surface area contributed by atoms with Crippen LogP contribution in [-0.4, -0.2) is 42.4 Å². The highest BCUT2D eigenvalue weighted by Crippen LogP contribution is 2.39. The third-order valence-corrected chi connectivity index (χ3v) is 5.51. The van der Waals surface area contributed by atoms with Crippen molar-refractivity contribution in [1.82, 2.24) is 15.1 Å². The largest absolute Gasteiger partial charge is 0.497 e. The van der Waals surface area contributed by atoms with Crippen molar-refractivity contribution in [1.29, 1.82) is 0 Å². The zero-order chi connectivity index (χ0) is 17.4. The minimum absolute atomic E-state index is 0.195. The van der Waals surface area contributed by atoms with Crippen molar-refractivity contribution >= 4 is 6.21 Å². The number of allylic oxidation sites excluding steroid dienone is 2. The van der Waals surface area contributed by atoms with Gasteiger partial charge in [-0.15, -0.1) is 0 Å². The van der Waals surface area contributed by atoms with E-state index in [0.29, 0.717) is 0 Å². The maximum Gasteiger partial charge on any atom is 0.131 e. The van der Waals surface area contributed by atoms with Gasteiger partial charge < -0.3 is 19.9 Å². The smallest absolute Gasteiger partial charge is 0.131 e. The summed E-state index contributed by atoms with van der Waals surface area (Å²) in [4.78, 5) is 9.47. The molecule has 1 N–H and O–H groups in total. The molecule has 2 atom stereocenters. The molecule has 5 heteroatoms. The first-order valence-electron chi connectivity index (χ1n) is 8.91. The van der Waals surface area contributed by atoms with Gasteiger partial charge in [-0.3, -0.25) is 4.99 Å². The van der Waals surface area contributed by atoms with Crippen molar-refractivity contribution in [2.75, 3.05) is 20.2 Å². The molecule has 5 nitrogen and oxygen atoms in total. The van der Waals surface area contributed by atoms with E-state index < -0.39 is 0 Å². The quantitative estimate of drug-likeness (QED) is 0.916. The Morgan fingerprint density at radius 1 is 1.28 bits per heavy atom. The molecular weight excluding hydrogens is 312 g/mol. The average molecular weight is 338 g/mol. The lowest BCUT2D eigenvalue weighted by Gasteiger charge is -2.38. The number of fused-ring (bicyclic) bond motifs is 1. The zero-order valence-corrected chi connectivity index (χ0v) is 15.2. The zero-order valence-electron chi connectivity index (χ0n) is 15.2. The van der Waals surface area contributed by atoms with Crippen LogP contribution in [-0.2, 0) is 6.54 Å². The summed E-state index contributed by atoms with van der Waals surface area (Å²) in [6.45, 7) is 7.47. The van der Waals surface area contributed by atoms with Crippen LogP contribution in [0.3, 0.4) is 0 Å². The Morgan fingerprint density at radius 3 is 2.76 bits per heavy atom. The van der Waals surface area contributed by atoms with Crippen molar-refractivity contribution in [3.05, 3.63) is 53.6 Å². The summed E-state index contributed by atoms with van der Waals surface area (Å²) >= 11 is 0. The van der Waals surface area contributed by atoms with E-state index in [1.54, 1.807) is 7.11 Å². The third-order valence-electron chi connectivity index (χ3n) is 5.51. The van der Waals surface area contributed by atoms with E-state index in [9.17, 15) is 0 Å². The second-order valence-corrected chi connectivity index (χ2v) is 7.44. The fourth-order valence-electron chi connectivity index (χ4n) is 3.88. The van der Waals surface area contributed by atoms with Crippen LogP contribution in [0.2, 0.25) is 0 Å². The number of ether oxygens (including phenoxy) is 1. The number of methoxy groups -OCH3 is 1. The van der Waals surface area contributed by atoms with Gasteiger partial charge in [-0.2, -0.15) is 0 Å². The molecule has 3 aliphatic heterocycles. The molecule has 25 heavy (non-hydrogen) atoms. The van der Waals surface area contributed by atoms with Crippen LogP contribution >= 0.6 is 0 Å². The van der Waals surface area contributed by atoms with E-state index in [-0.39, 0.29) is 11.6 Å². The van der Waals surface area contributed by atoms with Gasteiger partial charge in [0.1, 0.15) is 11.9 Å². The molecule has 0 aromatic heterocycles. The SMILES string of the molecule is COc1ccc(CN2C=C3C=NC(C4(C)CCNC4)N3C=C2C)cc1. The number of hydrogen-bond acceptors (Lipinski definition) is 5. The summed E-state index contributed by atoms with van der Waals surface area (Å²) in [6.07, 6.45) is 7.86. The van der Waals surface area contributed by atoms with Crippen LogP contribution in [0.5, 0.6) is 5.75 Å². The second kappa shape index (κ2) is 6.23. The molecule has 3 heterocycles. The molecule has 2 unspecified atom stereocenters. The monoisotopic (exact) mass is 338 g/mol. The minimum atomic E-state index is 0.195. The van der Waals surface area contributed by atoms with Gasteiger partial charge in [0.2, 0.25) is 0 Å². The second-order valence-electron chi connectivity index (χ2n) is 7.44. The molecule has 0 spiro atoms. The van der Waals surface area contributed by atoms with Crippen LogP contribution in [0.25, 0.3) is 0 Å². The molecule has 1 saturated heterocycles. The number of nitrogens with zero attached hydrogens (tertiary/aromatic N) is 3. The number of rotatable bonds is 4. The Morgan fingerprint density at radius 2 is 2.08 bits per heavy atom. The first-order chi connectivity index (χ1) is 12.1. The van der Waals surface area contributed by atoms with Crippen molar-refractivity contribution in [3.63, 3.8) is 0 Å². The Bertz CT molecular complexity index is 729. The molecule has 0 saturated carbocycles. The van der Waals surface area contributed by atoms with Gasteiger partial charge in [0.25, 0.3) is 0 Å². The maximum absolute atomic E-state index is 5.24. The van der Waals surface area contributed by atoms with Crippen molar-refractivity contribution in [3.8, 4) is 5.75 Å². The normalized spacial score (nSPS) is 28.0. The van der Waals surface area contributed by atoms with Gasteiger partial charge in [0.05, 0.1) is 12.8 Å². The lowest BCUT2D eigenvalue weighted by molar-refractivity contribution is 0.173. The summed E-state index contributed by atoms with van der Waals surface area (Å²) in [6, 6.07) is 8.26. The lowest BCUT2D eigenvalue weighted by Crippen LogP contribution is -2.42. The molecule has 0 aliphatic carbocycles. The van der Waals surface area contributed by atoms with Crippen LogP contribution in [0.15, 0.2) is 53.1 Å². The number of nitrogens with one attached hydrogen (secondary N) is 1. The molecule has 3 aliphatic rings. The summed E-state index contributed by atoms with van der Waals surface area (Å²) in [5.41, 5.74) is 3.88. The van der Waals surface area contributed by atoms with E-state index in [2.05, 4.69) is 53.5 Å². The molecular formula is C20H26N4O. The van der Waals surface area contributed by atoms with Crippen LogP contribution < -0.4 is 10.1 Å². The van der Waals surface area contributed by atoms with Crippen LogP contribution in [0, 0.1) is 5.41 Å². The van der Waals surface area contributed by atoms with E-state index in [1.165, 1.54) is 23.4 Å². The number of hydrogen-bond donors (Lipinski definition) is 1. The van der Waals surface area contributed by atoms with Gasteiger partial charge in [0, 0.05) is 42.8 Å². The van der Waals surface area contributed by atoms with Gasteiger partial charge in [-0.1, -0.05) is 19.1 Å². The molecule has 132 valence electrons. The standard InChI is InChI=1S/C20H26N4O/c1-15-11-24-17(10-22-19(24)20(2)8-9-21-14-20)13-23(15)12-16-4-6-18(25-3)7-5-16/h4-7,10-11,13,19,21H,8-9,12,14H2,1-3H3. The number of aliphatic imine (C=N–C) groups is 1. The van der Waals surface area contributed by atoms with Gasteiger partial charge >= 0.3 is 0 Å². The summed E-state index contributed by atoms with van der Waals surface area (Å²) in [5, 5.41) is 3.49. The Labute approximate surface area is 149 Å². The molecule has 1 fully saturated rings. The third kappa shape index (κ3) is 2.93. The highest BCUT2D eigenvalue weighted by molar-refractivity contribution is 5.81.